The van der Waals surface area contributed by atoms with Crippen molar-refractivity contribution in [2.75, 3.05) is 21.3 Å². The molecule has 0 unspecified atom stereocenters. The average molecular weight is 277 g/mol. The summed E-state index contributed by atoms with van der Waals surface area (Å²) in [5.74, 6) is 0.503. The zero-order chi connectivity index (χ0) is 14.7. The normalized spacial score (nSPS) is 10.3. The fraction of sp³-hybridized carbons (Fsp3) is 0.286. The van der Waals surface area contributed by atoms with Crippen molar-refractivity contribution in [3.05, 3.63) is 23.9 Å². The Kier molecular flexibility index (Phi) is 3.93. The van der Waals surface area contributed by atoms with Crippen molar-refractivity contribution in [2.45, 2.75) is 6.42 Å². The van der Waals surface area contributed by atoms with E-state index in [-0.39, 0.29) is 6.42 Å². The molecule has 0 bridgehead atoms. The maximum Gasteiger partial charge on any atom is 0.261 e. The van der Waals surface area contributed by atoms with Crippen LogP contribution in [0.4, 0.5) is 0 Å². The van der Waals surface area contributed by atoms with Gasteiger partial charge in [-0.3, -0.25) is 0 Å². The fourth-order valence-corrected chi connectivity index (χ4v) is 2.11. The number of benzene rings is 1. The summed E-state index contributed by atoms with van der Waals surface area (Å²) in [5.41, 5.74) is 1.07. The number of H-pyrrole nitrogens is 1. The molecule has 0 saturated carbocycles. The second-order valence-corrected chi connectivity index (χ2v) is 4.13. The standard InChI is InChI=1S/C14H15NO5/c1-18-9-4-5-10(19-2)14-13(9)11(20-3)6-8(15-14)7-12(16)17/h4-6H,7H2,1-3H3,(H,16,17). The summed E-state index contributed by atoms with van der Waals surface area (Å²) in [6.07, 6.45) is -0.243. The van der Waals surface area contributed by atoms with E-state index in [4.69, 9.17) is 14.2 Å². The lowest BCUT2D eigenvalue weighted by Crippen LogP contribution is -2.28. The molecular formula is C14H15NO5. The zero-order valence-corrected chi connectivity index (χ0v) is 11.5. The molecule has 0 aliphatic rings. The van der Waals surface area contributed by atoms with Crippen LogP contribution in [-0.4, -0.2) is 27.3 Å². The summed E-state index contributed by atoms with van der Waals surface area (Å²) in [6, 6.07) is 5.11. The molecule has 0 fully saturated rings. The second kappa shape index (κ2) is 5.64. The molecular weight excluding hydrogens is 262 g/mol. The molecule has 6 heteroatoms. The summed E-state index contributed by atoms with van der Waals surface area (Å²) in [7, 11) is 4.60. The van der Waals surface area contributed by atoms with Gasteiger partial charge in [-0.1, -0.05) is 0 Å². The van der Waals surface area contributed by atoms with Gasteiger partial charge in [0.15, 0.2) is 11.4 Å². The number of methoxy groups -OCH3 is 3. The van der Waals surface area contributed by atoms with Crippen molar-refractivity contribution >= 4 is 16.9 Å². The minimum Gasteiger partial charge on any atom is -0.550 e. The van der Waals surface area contributed by atoms with Gasteiger partial charge >= 0.3 is 0 Å². The smallest absolute Gasteiger partial charge is 0.261 e. The highest BCUT2D eigenvalue weighted by atomic mass is 16.5. The number of hydrogen-bond donors (Lipinski definition) is 0. The number of carboxylic acids is 1. The molecule has 1 heterocycles. The van der Waals surface area contributed by atoms with E-state index in [0.717, 1.165) is 0 Å². The average Bonchev–Trinajstić information content (AvgIpc) is 2.44. The molecule has 106 valence electrons. The van der Waals surface area contributed by atoms with Crippen LogP contribution in [0, 0.1) is 0 Å². The third-order valence-electron chi connectivity index (χ3n) is 2.96. The van der Waals surface area contributed by atoms with Crippen molar-refractivity contribution in [3.63, 3.8) is 0 Å². The van der Waals surface area contributed by atoms with E-state index >= 15 is 0 Å². The number of carbonyl (C=O) groups excluding carboxylic acids is 1. The van der Waals surface area contributed by atoms with Crippen molar-refractivity contribution in [1.82, 2.24) is 0 Å². The number of aliphatic carboxylic acids is 1. The Morgan fingerprint density at radius 1 is 1.10 bits per heavy atom. The van der Waals surface area contributed by atoms with E-state index in [2.05, 4.69) is 4.98 Å². The van der Waals surface area contributed by atoms with Crippen LogP contribution in [0.5, 0.6) is 17.2 Å². The molecule has 1 aromatic heterocycles. The Balaban J connectivity index is 2.77. The molecule has 2 aromatic rings. The Hall–Kier alpha value is -2.50. The van der Waals surface area contributed by atoms with Crippen molar-refractivity contribution in [3.8, 4) is 17.2 Å². The van der Waals surface area contributed by atoms with Crippen molar-refractivity contribution in [2.24, 2.45) is 0 Å². The number of aromatic nitrogens is 1. The predicted molar refractivity (Wildman–Crippen MR) is 68.9 cm³/mol. The van der Waals surface area contributed by atoms with E-state index in [0.29, 0.717) is 33.8 Å². The van der Waals surface area contributed by atoms with Gasteiger partial charge < -0.3 is 24.1 Å². The summed E-state index contributed by atoms with van der Waals surface area (Å²) >= 11 is 0. The molecule has 0 spiro atoms. The lowest BCUT2D eigenvalue weighted by Gasteiger charge is -2.10. The number of aromatic amines is 1. The lowest BCUT2D eigenvalue weighted by atomic mass is 10.1. The summed E-state index contributed by atoms with van der Waals surface area (Å²) in [6.45, 7) is 0. The first kappa shape index (κ1) is 13.9. The second-order valence-electron chi connectivity index (χ2n) is 4.13. The van der Waals surface area contributed by atoms with Gasteiger partial charge in [0.05, 0.1) is 33.7 Å². The largest absolute Gasteiger partial charge is 0.550 e. The van der Waals surface area contributed by atoms with Gasteiger partial charge in [-0.15, -0.1) is 0 Å². The van der Waals surface area contributed by atoms with Gasteiger partial charge in [-0.2, -0.15) is 0 Å². The Bertz CT molecular complexity index is 654. The quantitative estimate of drug-likeness (QED) is 0.766. The number of rotatable bonds is 5. The maximum atomic E-state index is 10.8. The highest BCUT2D eigenvalue weighted by Crippen LogP contribution is 2.36. The number of ether oxygens (including phenoxy) is 3. The molecule has 0 aliphatic heterocycles. The Labute approximate surface area is 115 Å². The number of carbonyl (C=O) groups is 1. The van der Waals surface area contributed by atoms with Crippen molar-refractivity contribution < 1.29 is 29.1 Å². The van der Waals surface area contributed by atoms with Crippen LogP contribution in [0.15, 0.2) is 18.2 Å². The molecule has 1 aromatic carbocycles. The van der Waals surface area contributed by atoms with E-state index in [9.17, 15) is 9.90 Å². The maximum absolute atomic E-state index is 10.8. The lowest BCUT2D eigenvalue weighted by molar-refractivity contribution is -0.362. The van der Waals surface area contributed by atoms with Crippen LogP contribution in [-0.2, 0) is 11.2 Å². The van der Waals surface area contributed by atoms with Gasteiger partial charge in [0.2, 0.25) is 0 Å². The Morgan fingerprint density at radius 2 is 1.70 bits per heavy atom. The predicted octanol–water partition coefficient (Wildman–Crippen LogP) is -0.0279. The van der Waals surface area contributed by atoms with Crippen LogP contribution in [0.3, 0.4) is 0 Å². The van der Waals surface area contributed by atoms with Crippen LogP contribution in [0.2, 0.25) is 0 Å². The summed E-state index contributed by atoms with van der Waals surface area (Å²) in [5, 5.41) is 11.4. The van der Waals surface area contributed by atoms with Gasteiger partial charge in [0.1, 0.15) is 16.9 Å². The van der Waals surface area contributed by atoms with Crippen molar-refractivity contribution in [1.29, 1.82) is 0 Å². The third kappa shape index (κ3) is 2.45. The SMILES string of the molecule is COc1ccc(OC)c2c(OC)cc(CC(=O)[O-])[nH+]c12. The van der Waals surface area contributed by atoms with Gasteiger partial charge in [-0.05, 0) is 12.1 Å². The first-order valence-electron chi connectivity index (χ1n) is 5.94. The van der Waals surface area contributed by atoms with Crippen LogP contribution >= 0.6 is 0 Å². The topological polar surface area (TPSA) is 82.0 Å². The highest BCUT2D eigenvalue weighted by molar-refractivity contribution is 5.93. The number of carboxylic acid groups (broad SMARTS) is 1. The van der Waals surface area contributed by atoms with Crippen LogP contribution < -0.4 is 24.3 Å². The first-order valence-corrected chi connectivity index (χ1v) is 5.94. The number of hydrogen-bond acceptors (Lipinski definition) is 5. The minimum atomic E-state index is -1.18. The molecule has 6 nitrogen and oxygen atoms in total. The van der Waals surface area contributed by atoms with Gasteiger partial charge in [0, 0.05) is 6.07 Å². The van der Waals surface area contributed by atoms with E-state index in [1.807, 2.05) is 0 Å². The van der Waals surface area contributed by atoms with E-state index in [1.54, 1.807) is 25.3 Å². The van der Waals surface area contributed by atoms with Gasteiger partial charge in [-0.25, -0.2) is 4.98 Å². The number of fused-ring (bicyclic) bond motifs is 1. The molecule has 2 rings (SSSR count). The fourth-order valence-electron chi connectivity index (χ4n) is 2.11. The zero-order valence-electron chi connectivity index (χ0n) is 11.5. The molecule has 0 atom stereocenters. The monoisotopic (exact) mass is 277 g/mol. The minimum absolute atomic E-state index is 0.243. The highest BCUT2D eigenvalue weighted by Gasteiger charge is 2.20. The van der Waals surface area contributed by atoms with E-state index in [1.165, 1.54) is 14.2 Å². The number of pyridine rings is 1. The Morgan fingerprint density at radius 3 is 2.25 bits per heavy atom. The summed E-state index contributed by atoms with van der Waals surface area (Å²) in [4.78, 5) is 13.8. The third-order valence-corrected chi connectivity index (χ3v) is 2.96. The van der Waals surface area contributed by atoms with Crippen LogP contribution in [0.1, 0.15) is 5.69 Å². The molecule has 0 amide bonds. The number of nitrogens with one attached hydrogen (secondary N) is 1. The van der Waals surface area contributed by atoms with E-state index < -0.39 is 5.97 Å². The first-order chi connectivity index (χ1) is 9.60. The molecule has 20 heavy (non-hydrogen) atoms. The molecule has 0 saturated heterocycles. The molecule has 0 aliphatic carbocycles. The molecule has 1 N–H and O–H groups in total. The summed E-state index contributed by atoms with van der Waals surface area (Å²) < 4.78 is 15.9. The van der Waals surface area contributed by atoms with Gasteiger partial charge in [0.25, 0.3) is 5.52 Å². The molecule has 0 radical (unpaired) electrons. The van der Waals surface area contributed by atoms with Crippen LogP contribution in [0.25, 0.3) is 10.9 Å².